The Hall–Kier alpha value is -3.23. The van der Waals surface area contributed by atoms with Crippen LogP contribution in [0.2, 0.25) is 0 Å². The number of terminal acetylenes is 1. The molecule has 1 aliphatic rings. The molecule has 40 heavy (non-hydrogen) atoms. The minimum atomic E-state index is -4.55. The van der Waals surface area contributed by atoms with Crippen LogP contribution in [-0.4, -0.2) is 37.9 Å². The van der Waals surface area contributed by atoms with Gasteiger partial charge in [0.1, 0.15) is 28.2 Å². The lowest BCUT2D eigenvalue weighted by Gasteiger charge is -2.23. The third-order valence-corrected chi connectivity index (χ3v) is 8.53. The van der Waals surface area contributed by atoms with Crippen molar-refractivity contribution in [2.24, 2.45) is 0 Å². The van der Waals surface area contributed by atoms with Crippen molar-refractivity contribution in [3.8, 4) is 18.1 Å². The zero-order valence-electron chi connectivity index (χ0n) is 22.3. The molecule has 2 aromatic carbocycles. The van der Waals surface area contributed by atoms with E-state index in [1.54, 1.807) is 31.3 Å². The van der Waals surface area contributed by atoms with E-state index in [0.29, 0.717) is 57.0 Å². The number of thioether (sulfide) groups is 1. The highest BCUT2D eigenvalue weighted by Crippen LogP contribution is 2.39. The fourth-order valence-electron chi connectivity index (χ4n) is 4.67. The van der Waals surface area contributed by atoms with Gasteiger partial charge in [-0.1, -0.05) is 49.4 Å². The largest absolute Gasteiger partial charge is 0.460 e. The van der Waals surface area contributed by atoms with E-state index >= 15 is 0 Å². The molecule has 4 rings (SSSR count). The van der Waals surface area contributed by atoms with Crippen molar-refractivity contribution < 1.29 is 22.1 Å². The van der Waals surface area contributed by atoms with Gasteiger partial charge in [-0.05, 0) is 44.4 Å². The number of fused-ring (bicyclic) bond motifs is 1. The fourth-order valence-corrected chi connectivity index (χ4v) is 6.19. The first-order valence-electron chi connectivity index (χ1n) is 12.9. The molecule has 1 aromatic heterocycles. The number of allylic oxidation sites excluding steroid dienone is 1. The van der Waals surface area contributed by atoms with E-state index in [1.807, 2.05) is 25.1 Å². The quantitative estimate of drug-likeness (QED) is 0.189. The molecular weight excluding hydrogens is 557 g/mol. The number of nitrogens with zero attached hydrogens (tertiary/aromatic N) is 2. The van der Waals surface area contributed by atoms with Crippen molar-refractivity contribution in [1.82, 2.24) is 9.97 Å². The van der Waals surface area contributed by atoms with Crippen LogP contribution >= 0.6 is 11.8 Å². The van der Waals surface area contributed by atoms with Gasteiger partial charge < -0.3 is 14.8 Å². The summed E-state index contributed by atoms with van der Waals surface area (Å²) in [5.41, 5.74) is 1.67. The Kier molecular flexibility index (Phi) is 9.98. The van der Waals surface area contributed by atoms with E-state index in [1.165, 1.54) is 31.0 Å². The molecule has 6 nitrogen and oxygen atoms in total. The molecule has 0 bridgehead atoms. The standard InChI is InChI=1S/C29H31F3N4O2S2/c1-4-16-39-27(24-14-15-33-28(35-24)34-21-10-6-5-7-11-21)20(3)38-26-19(2)17-25(22-12-8-9-13-23(22)26)36-40(37)18-29(30,31)32/h1,8-9,12-15,17,21,36H,5-7,10-11,16,18H2,2-3H3,(H,33,34,35)/b27-20+. The minimum absolute atomic E-state index is 0.334. The van der Waals surface area contributed by atoms with E-state index in [2.05, 4.69) is 20.9 Å². The van der Waals surface area contributed by atoms with Crippen LogP contribution in [0.1, 0.15) is 50.3 Å². The van der Waals surface area contributed by atoms with Crippen LogP contribution in [0, 0.1) is 19.3 Å². The second-order valence-corrected chi connectivity index (χ2v) is 11.7. The van der Waals surface area contributed by atoms with Crippen LogP contribution < -0.4 is 14.8 Å². The highest BCUT2D eigenvalue weighted by molar-refractivity contribution is 8.08. The zero-order chi connectivity index (χ0) is 28.7. The Balaban J connectivity index is 1.67. The Bertz CT molecular complexity index is 1450. The highest BCUT2D eigenvalue weighted by atomic mass is 32.2. The Morgan fingerprint density at radius 1 is 1.20 bits per heavy atom. The summed E-state index contributed by atoms with van der Waals surface area (Å²) in [6.07, 6.45) is 8.54. The summed E-state index contributed by atoms with van der Waals surface area (Å²) in [6, 6.07) is 10.9. The fraction of sp³-hybridized carbons (Fsp3) is 0.379. The second-order valence-electron chi connectivity index (χ2n) is 9.55. The molecule has 1 unspecified atom stereocenters. The molecule has 1 heterocycles. The Labute approximate surface area is 239 Å². The van der Waals surface area contributed by atoms with Crippen LogP contribution in [0.15, 0.2) is 48.4 Å². The molecule has 1 atom stereocenters. The van der Waals surface area contributed by atoms with Crippen LogP contribution in [0.4, 0.5) is 24.8 Å². The summed E-state index contributed by atoms with van der Waals surface area (Å²) < 4.78 is 59.4. The van der Waals surface area contributed by atoms with Gasteiger partial charge in [0.15, 0.2) is 0 Å². The number of ether oxygens (including phenoxy) is 1. The number of rotatable bonds is 10. The molecule has 0 radical (unpaired) electrons. The topological polar surface area (TPSA) is 76.1 Å². The van der Waals surface area contributed by atoms with Gasteiger partial charge in [-0.15, -0.1) is 18.2 Å². The normalized spacial score (nSPS) is 15.7. The lowest BCUT2D eigenvalue weighted by atomic mass is 9.96. The van der Waals surface area contributed by atoms with Gasteiger partial charge in [0.25, 0.3) is 0 Å². The molecule has 2 N–H and O–H groups in total. The summed E-state index contributed by atoms with van der Waals surface area (Å²) in [6.45, 7) is 3.62. The van der Waals surface area contributed by atoms with Crippen LogP contribution in [0.25, 0.3) is 15.7 Å². The van der Waals surface area contributed by atoms with E-state index in [9.17, 15) is 17.4 Å². The molecule has 3 aromatic rings. The maximum absolute atomic E-state index is 12.8. The average Bonchev–Trinajstić information content (AvgIpc) is 2.91. The smallest absolute Gasteiger partial charge is 0.402 e. The van der Waals surface area contributed by atoms with Gasteiger partial charge in [0.2, 0.25) is 5.95 Å². The maximum Gasteiger partial charge on any atom is 0.402 e. The summed E-state index contributed by atoms with van der Waals surface area (Å²) in [4.78, 5) is 9.92. The molecule has 0 aliphatic heterocycles. The van der Waals surface area contributed by atoms with Gasteiger partial charge in [0, 0.05) is 23.0 Å². The van der Waals surface area contributed by atoms with Crippen molar-refractivity contribution in [1.29, 1.82) is 0 Å². The monoisotopic (exact) mass is 588 g/mol. The maximum atomic E-state index is 12.8. The van der Waals surface area contributed by atoms with Crippen LogP contribution in [0.3, 0.4) is 0 Å². The molecule has 0 amide bonds. The van der Waals surface area contributed by atoms with Gasteiger partial charge in [0.05, 0.1) is 22.0 Å². The third-order valence-electron chi connectivity index (χ3n) is 6.40. The molecule has 212 valence electrons. The number of aromatic nitrogens is 2. The van der Waals surface area contributed by atoms with Gasteiger partial charge in [-0.2, -0.15) is 13.2 Å². The molecule has 11 heteroatoms. The predicted molar refractivity (Wildman–Crippen MR) is 158 cm³/mol. The van der Waals surface area contributed by atoms with Gasteiger partial charge in [-0.3, -0.25) is 0 Å². The van der Waals surface area contributed by atoms with Crippen LogP contribution in [-0.2, 0) is 11.0 Å². The Morgan fingerprint density at radius 3 is 2.62 bits per heavy atom. The summed E-state index contributed by atoms with van der Waals surface area (Å²) in [5.74, 6) is 3.26. The van der Waals surface area contributed by atoms with Gasteiger partial charge in [-0.25, -0.2) is 14.2 Å². The summed E-state index contributed by atoms with van der Waals surface area (Å²) in [7, 11) is -2.33. The van der Waals surface area contributed by atoms with Gasteiger partial charge >= 0.3 is 6.18 Å². The molecular formula is C29H31F3N4O2S2. The van der Waals surface area contributed by atoms with E-state index < -0.39 is 22.9 Å². The summed E-state index contributed by atoms with van der Waals surface area (Å²) >= 11 is 1.43. The van der Waals surface area contributed by atoms with Crippen molar-refractivity contribution >= 4 is 50.1 Å². The number of alkyl halides is 3. The first-order valence-corrected chi connectivity index (χ1v) is 15.2. The number of anilines is 2. The molecule has 1 saturated carbocycles. The SMILES string of the molecule is C#CCS/C(=C(\C)Oc1c(C)cc(NS(=O)CC(F)(F)F)c2ccccc12)c1ccnc(NC2CCCCC2)n1. The predicted octanol–water partition coefficient (Wildman–Crippen LogP) is 7.45. The first-order chi connectivity index (χ1) is 19.1. The minimum Gasteiger partial charge on any atom is -0.460 e. The number of nitrogens with one attached hydrogen (secondary N) is 2. The lowest BCUT2D eigenvalue weighted by Crippen LogP contribution is -2.23. The van der Waals surface area contributed by atoms with E-state index in [0.717, 1.165) is 17.7 Å². The number of benzene rings is 2. The van der Waals surface area contributed by atoms with E-state index in [-0.39, 0.29) is 0 Å². The Morgan fingerprint density at radius 2 is 1.93 bits per heavy atom. The second kappa shape index (κ2) is 13.4. The van der Waals surface area contributed by atoms with Crippen molar-refractivity contribution in [3.63, 3.8) is 0 Å². The summed E-state index contributed by atoms with van der Waals surface area (Å²) in [5, 5.41) is 4.70. The zero-order valence-corrected chi connectivity index (χ0v) is 23.9. The average molecular weight is 589 g/mol. The molecule has 1 aliphatic carbocycles. The van der Waals surface area contributed by atoms with Crippen molar-refractivity contribution in [3.05, 3.63) is 59.6 Å². The van der Waals surface area contributed by atoms with Crippen molar-refractivity contribution in [2.75, 3.05) is 21.5 Å². The first kappa shape index (κ1) is 29.7. The van der Waals surface area contributed by atoms with Crippen LogP contribution in [0.5, 0.6) is 5.75 Å². The molecule has 0 saturated heterocycles. The number of hydrogen-bond donors (Lipinski definition) is 2. The van der Waals surface area contributed by atoms with E-state index in [4.69, 9.17) is 16.1 Å². The number of hydrogen-bond acceptors (Lipinski definition) is 6. The number of halogens is 3. The number of aryl methyl sites for hydroxylation is 1. The lowest BCUT2D eigenvalue weighted by molar-refractivity contribution is -0.105. The highest BCUT2D eigenvalue weighted by Gasteiger charge is 2.31. The third kappa shape index (κ3) is 7.92. The van der Waals surface area contributed by atoms with Crippen molar-refractivity contribution in [2.45, 2.75) is 58.2 Å². The molecule has 0 spiro atoms. The molecule has 1 fully saturated rings.